The fourth-order valence-electron chi connectivity index (χ4n) is 11.2. The van der Waals surface area contributed by atoms with Crippen molar-refractivity contribution in [3.05, 3.63) is 148 Å². The lowest BCUT2D eigenvalue weighted by Crippen LogP contribution is -2.30. The van der Waals surface area contributed by atoms with Crippen molar-refractivity contribution in [2.45, 2.75) is 75.0 Å². The van der Waals surface area contributed by atoms with E-state index in [1.165, 1.54) is 28.7 Å². The Morgan fingerprint density at radius 2 is 1.00 bits per heavy atom. The number of carbonyl (C=O) groups excluding carboxylic acids is 2. The molecule has 3 aromatic carbocycles. The predicted molar refractivity (Wildman–Crippen MR) is 231 cm³/mol. The first kappa shape index (κ1) is 39.7. The molecule has 8 nitrogen and oxygen atoms in total. The van der Waals surface area contributed by atoms with Crippen molar-refractivity contribution in [2.24, 2.45) is 0 Å². The quantitative estimate of drug-likeness (QED) is 0.0745. The number of thiazole rings is 2. The molecule has 0 saturated heterocycles. The second-order valence-electron chi connectivity index (χ2n) is 17.0. The van der Waals surface area contributed by atoms with Crippen LogP contribution >= 0.6 is 22.7 Å². The molecule has 6 aliphatic carbocycles. The second-order valence-corrected chi connectivity index (χ2v) is 19.1. The number of Topliss-reactive ketones (excluding diaryl/α,β-unsaturated/α-hetero) is 2. The van der Waals surface area contributed by atoms with E-state index < -0.39 is 56.9 Å². The summed E-state index contributed by atoms with van der Waals surface area (Å²) in [7, 11) is 0. The van der Waals surface area contributed by atoms with Crippen LogP contribution in [0.5, 0.6) is 0 Å². The molecule has 310 valence electrons. The smallest absolute Gasteiger partial charge is 0.270 e. The molecule has 2 saturated carbocycles. The van der Waals surface area contributed by atoms with Crippen LogP contribution in [0.3, 0.4) is 0 Å². The predicted octanol–water partition coefficient (Wildman–Crippen LogP) is 12.1. The third-order valence-electron chi connectivity index (χ3n) is 13.9. The van der Waals surface area contributed by atoms with Gasteiger partial charge in [-0.1, -0.05) is 38.5 Å². The summed E-state index contributed by atoms with van der Waals surface area (Å²) in [6, 6.07) is 13.4. The summed E-state index contributed by atoms with van der Waals surface area (Å²) in [6.45, 7) is 7.67. The summed E-state index contributed by atoms with van der Waals surface area (Å²) >= 11 is 2.80. The number of halogens is 4. The molecule has 0 amide bonds. The van der Waals surface area contributed by atoms with Crippen LogP contribution in [0.15, 0.2) is 58.8 Å². The lowest BCUT2D eigenvalue weighted by molar-refractivity contribution is 0.103. The Kier molecular flexibility index (Phi) is 8.82. The van der Waals surface area contributed by atoms with Crippen LogP contribution < -0.4 is 0 Å². The van der Waals surface area contributed by atoms with Crippen molar-refractivity contribution in [2.75, 3.05) is 0 Å². The first-order chi connectivity index (χ1) is 31.0. The number of allylic oxidation sites excluding steroid dienone is 6. The Morgan fingerprint density at radius 1 is 0.594 bits per heavy atom. The highest BCUT2D eigenvalue weighted by molar-refractivity contribution is 7.16. The van der Waals surface area contributed by atoms with E-state index in [9.17, 15) is 42.9 Å². The largest absolute Gasteiger partial charge is 0.289 e. The third-order valence-corrected chi connectivity index (χ3v) is 16.0. The lowest BCUT2D eigenvalue weighted by atomic mass is 9.67. The minimum absolute atomic E-state index is 0.00799. The van der Waals surface area contributed by atoms with Gasteiger partial charge in [0.25, 0.3) is 5.70 Å². The summed E-state index contributed by atoms with van der Waals surface area (Å²) in [5.41, 5.74) is 4.03. The van der Waals surface area contributed by atoms with Gasteiger partial charge < -0.3 is 0 Å². The number of carbonyl (C=O) groups is 2. The van der Waals surface area contributed by atoms with Crippen LogP contribution in [0, 0.1) is 63.8 Å². The fourth-order valence-corrected chi connectivity index (χ4v) is 13.4. The van der Waals surface area contributed by atoms with Gasteiger partial charge in [-0.05, 0) is 108 Å². The van der Waals surface area contributed by atoms with E-state index in [4.69, 9.17) is 16.5 Å². The number of fused-ring (bicyclic) bond motifs is 12. The maximum Gasteiger partial charge on any atom is 0.270 e. The zero-order valence-electron chi connectivity index (χ0n) is 33.5. The minimum Gasteiger partial charge on any atom is -0.289 e. The molecule has 2 spiro atoms. The van der Waals surface area contributed by atoms with Crippen molar-refractivity contribution < 1.29 is 27.2 Å². The maximum atomic E-state index is 14.5. The van der Waals surface area contributed by atoms with E-state index in [0.717, 1.165) is 132 Å². The Hall–Kier alpha value is -7.10. The van der Waals surface area contributed by atoms with Gasteiger partial charge in [0.05, 0.1) is 33.8 Å². The summed E-state index contributed by atoms with van der Waals surface area (Å²) in [6.07, 6.45) is 12.3. The van der Waals surface area contributed by atoms with Gasteiger partial charge in [0, 0.05) is 44.2 Å². The fraction of sp³-hybridized carbons (Fsp3) is 0.240. The topological polar surface area (TPSA) is 136 Å². The van der Waals surface area contributed by atoms with Crippen molar-refractivity contribution in [1.29, 1.82) is 15.8 Å². The van der Waals surface area contributed by atoms with E-state index in [1.54, 1.807) is 6.08 Å². The maximum absolute atomic E-state index is 14.5. The third kappa shape index (κ3) is 5.34. The van der Waals surface area contributed by atoms with Crippen molar-refractivity contribution >= 4 is 57.5 Å². The number of hydrogen-bond donors (Lipinski definition) is 0. The molecule has 0 atom stereocenters. The van der Waals surface area contributed by atoms with Crippen LogP contribution in [-0.2, 0) is 10.8 Å². The molecule has 0 N–H and O–H groups in total. The number of nitrogens with zero attached hydrogens (tertiary/aromatic N) is 6. The number of ketones is 2. The highest BCUT2D eigenvalue weighted by atomic mass is 32.1. The molecule has 0 bridgehead atoms. The first-order valence-electron chi connectivity index (χ1n) is 20.8. The van der Waals surface area contributed by atoms with Crippen LogP contribution in [0.4, 0.5) is 17.6 Å². The zero-order valence-corrected chi connectivity index (χ0v) is 35.2. The lowest BCUT2D eigenvalue weighted by Gasteiger charge is -2.36. The van der Waals surface area contributed by atoms with Gasteiger partial charge in [0.15, 0.2) is 34.8 Å². The highest BCUT2D eigenvalue weighted by Gasteiger charge is 2.52. The molecule has 0 aliphatic heterocycles. The summed E-state index contributed by atoms with van der Waals surface area (Å²) in [4.78, 5) is 43.4. The number of rotatable bonds is 2. The normalized spacial score (nSPS) is 20.0. The molecule has 6 aliphatic rings. The average Bonchev–Trinajstić information content (AvgIpc) is 4.12. The first-order valence-corrected chi connectivity index (χ1v) is 22.4. The summed E-state index contributed by atoms with van der Waals surface area (Å²) in [5.74, 6) is -6.07. The Bertz CT molecular complexity index is 3130. The number of nitriles is 3. The molecule has 2 heterocycles. The SMILES string of the molecule is [C-]#[N+]C(C#N)=C1/C(=C/c2nc3c(s2)-c2cc4c(cc2C32CCCCC2)-c2sc(/C=C3\C(=O)c5cc(F)c(F)cc5C3=C(C#N)C#N)nc2C42CCCCC2)C(=O)c2cc(F)c(F)cc21. The van der Waals surface area contributed by atoms with Crippen molar-refractivity contribution in [3.63, 3.8) is 0 Å². The Labute approximate surface area is 371 Å². The molecule has 64 heavy (non-hydrogen) atoms. The average molecular weight is 885 g/mol. The number of aromatic nitrogens is 2. The zero-order chi connectivity index (χ0) is 44.4. The Balaban J connectivity index is 1.07. The van der Waals surface area contributed by atoms with Crippen LogP contribution in [0.25, 0.3) is 49.0 Å². The van der Waals surface area contributed by atoms with Crippen molar-refractivity contribution in [1.82, 2.24) is 9.97 Å². The molecular weight excluding hydrogens is 857 g/mol. The number of benzene rings is 3. The molecule has 0 unspecified atom stereocenters. The van der Waals surface area contributed by atoms with Gasteiger partial charge in [0.1, 0.15) is 27.7 Å². The van der Waals surface area contributed by atoms with Gasteiger partial charge >= 0.3 is 0 Å². The molecule has 0 radical (unpaired) electrons. The van der Waals surface area contributed by atoms with Gasteiger partial charge in [-0.15, -0.1) is 22.7 Å². The highest BCUT2D eigenvalue weighted by Crippen LogP contribution is 2.64. The standard InChI is InChI=1S/C50H28F4N6O2S2/c1-58-38(22-57)42-25-15-35(52)37(54)17-27(25)44(62)31(42)19-40-60-48-46(64-40)29-13-32-28(12-33(29)50(48)10-6-3-7-11-50)45-47(49(32)8-4-2-5-9-49)59-39(63-45)18-30-41(23(20-55)21-56)24-14-34(51)36(53)16-26(24)43(30)61/h12-19H,2-11H2/b30-18-,31-19-,42-38?. The van der Waals surface area contributed by atoms with E-state index in [2.05, 4.69) is 17.0 Å². The van der Waals surface area contributed by atoms with Gasteiger partial charge in [-0.3, -0.25) is 9.59 Å². The molecular formula is C50H28F4N6O2S2. The minimum atomic E-state index is -1.21. The molecule has 11 rings (SSSR count). The summed E-state index contributed by atoms with van der Waals surface area (Å²) < 4.78 is 57.9. The number of hydrogen-bond acceptors (Lipinski definition) is 9. The van der Waals surface area contributed by atoms with Crippen LogP contribution in [0.1, 0.15) is 129 Å². The molecule has 14 heteroatoms. The van der Waals surface area contributed by atoms with Gasteiger partial charge in [-0.25, -0.2) is 37.6 Å². The van der Waals surface area contributed by atoms with E-state index in [0.29, 0.717) is 10.0 Å². The summed E-state index contributed by atoms with van der Waals surface area (Å²) in [5, 5.41) is 30.6. The van der Waals surface area contributed by atoms with Crippen LogP contribution in [0.2, 0.25) is 0 Å². The van der Waals surface area contributed by atoms with E-state index in [-0.39, 0.29) is 44.5 Å². The van der Waals surface area contributed by atoms with E-state index in [1.807, 2.05) is 18.2 Å². The second kappa shape index (κ2) is 14.2. The van der Waals surface area contributed by atoms with Gasteiger partial charge in [-0.2, -0.15) is 10.5 Å². The molecule has 5 aromatic rings. The monoisotopic (exact) mass is 884 g/mol. The van der Waals surface area contributed by atoms with Gasteiger partial charge in [0.2, 0.25) is 0 Å². The Morgan fingerprint density at radius 3 is 1.41 bits per heavy atom. The van der Waals surface area contributed by atoms with E-state index >= 15 is 0 Å². The van der Waals surface area contributed by atoms with Crippen molar-refractivity contribution in [3.8, 4) is 39.1 Å². The molecule has 2 fully saturated rings. The van der Waals surface area contributed by atoms with Crippen LogP contribution in [-0.4, -0.2) is 21.5 Å². The molecule has 2 aromatic heterocycles.